The Morgan fingerprint density at radius 3 is 2.09 bits per heavy atom. The molecule has 2 N–H and O–H groups in total. The van der Waals surface area contributed by atoms with Gasteiger partial charge in [0.15, 0.2) is 0 Å². The summed E-state index contributed by atoms with van der Waals surface area (Å²) in [6.07, 6.45) is 0. The van der Waals surface area contributed by atoms with Crippen LogP contribution in [-0.2, 0) is 5.33 Å². The van der Waals surface area contributed by atoms with Crippen molar-refractivity contribution in [2.24, 2.45) is 0 Å². The van der Waals surface area contributed by atoms with E-state index in [4.69, 9.17) is 28.9 Å². The Morgan fingerprint density at radius 2 is 1.73 bits per heavy atom. The van der Waals surface area contributed by atoms with Gasteiger partial charge in [0.25, 0.3) is 0 Å². The minimum absolute atomic E-state index is 0.588. The Bertz CT molecular complexity index is 252. The Balaban J connectivity index is 3.25. The Labute approximate surface area is 83.6 Å². The van der Waals surface area contributed by atoms with Crippen LogP contribution in [0.3, 0.4) is 0 Å². The maximum absolute atomic E-state index is 5.84. The van der Waals surface area contributed by atoms with Crippen LogP contribution in [0.2, 0.25) is 10.0 Å². The zero-order valence-electron chi connectivity index (χ0n) is 5.57. The van der Waals surface area contributed by atoms with Crippen molar-refractivity contribution in [1.82, 2.24) is 0 Å². The third kappa shape index (κ3) is 2.01. The van der Waals surface area contributed by atoms with Crippen molar-refractivity contribution in [3.8, 4) is 0 Å². The number of halogens is 3. The normalized spacial score (nSPS) is 10.1. The van der Waals surface area contributed by atoms with E-state index in [9.17, 15) is 0 Å². The fourth-order valence-electron chi connectivity index (χ4n) is 0.750. The predicted molar refractivity (Wildman–Crippen MR) is 53.5 cm³/mol. The molecule has 0 atom stereocenters. The third-order valence-electron chi connectivity index (χ3n) is 1.30. The number of hydrogen-bond acceptors (Lipinski definition) is 1. The maximum atomic E-state index is 5.84. The van der Waals surface area contributed by atoms with Gasteiger partial charge in [-0.25, -0.2) is 0 Å². The van der Waals surface area contributed by atoms with Crippen LogP contribution in [0, 0.1) is 0 Å². The lowest BCUT2D eigenvalue weighted by Crippen LogP contribution is -1.88. The molecule has 1 rings (SSSR count). The topological polar surface area (TPSA) is 26.0 Å². The van der Waals surface area contributed by atoms with Crippen molar-refractivity contribution in [2.45, 2.75) is 5.33 Å². The molecule has 0 spiro atoms. The van der Waals surface area contributed by atoms with E-state index < -0.39 is 0 Å². The van der Waals surface area contributed by atoms with Gasteiger partial charge in [0, 0.05) is 26.6 Å². The summed E-state index contributed by atoms with van der Waals surface area (Å²) in [5, 5.41) is 1.85. The van der Waals surface area contributed by atoms with Crippen LogP contribution in [0.5, 0.6) is 0 Å². The molecule has 4 heteroatoms. The molecule has 0 unspecified atom stereocenters. The zero-order valence-corrected chi connectivity index (χ0v) is 8.67. The summed E-state index contributed by atoms with van der Waals surface area (Å²) in [6.45, 7) is 0. The van der Waals surface area contributed by atoms with Crippen LogP contribution in [0.4, 0.5) is 5.69 Å². The van der Waals surface area contributed by atoms with Gasteiger partial charge in [0.2, 0.25) is 0 Å². The second-order valence-electron chi connectivity index (χ2n) is 2.10. The molecule has 0 amide bonds. The number of nitrogens with two attached hydrogens (primary N) is 1. The zero-order chi connectivity index (χ0) is 8.43. The molecule has 1 aromatic rings. The molecule has 0 aliphatic carbocycles. The highest BCUT2D eigenvalue weighted by Gasteiger charge is 2.04. The summed E-state index contributed by atoms with van der Waals surface area (Å²) in [4.78, 5) is 0. The highest BCUT2D eigenvalue weighted by atomic mass is 79.9. The van der Waals surface area contributed by atoms with Crippen molar-refractivity contribution in [1.29, 1.82) is 0 Å². The van der Waals surface area contributed by atoms with Crippen LogP contribution >= 0.6 is 39.1 Å². The highest BCUT2D eigenvalue weighted by molar-refractivity contribution is 9.08. The van der Waals surface area contributed by atoms with E-state index in [-0.39, 0.29) is 0 Å². The molecular formula is C7H6BrCl2N. The van der Waals surface area contributed by atoms with E-state index in [2.05, 4.69) is 15.9 Å². The van der Waals surface area contributed by atoms with E-state index >= 15 is 0 Å². The number of benzene rings is 1. The molecule has 0 radical (unpaired) electrons. The van der Waals surface area contributed by atoms with Gasteiger partial charge in [0.1, 0.15) is 0 Å². The number of alkyl halides is 1. The molecule has 0 aliphatic heterocycles. The van der Waals surface area contributed by atoms with Gasteiger partial charge in [0.05, 0.1) is 0 Å². The van der Waals surface area contributed by atoms with Gasteiger partial charge < -0.3 is 5.73 Å². The van der Waals surface area contributed by atoms with Crippen molar-refractivity contribution in [3.05, 3.63) is 27.7 Å². The molecule has 0 saturated carbocycles. The lowest BCUT2D eigenvalue weighted by atomic mass is 10.2. The minimum Gasteiger partial charge on any atom is -0.399 e. The molecule has 0 fully saturated rings. The summed E-state index contributed by atoms with van der Waals surface area (Å²) in [5.74, 6) is 0. The van der Waals surface area contributed by atoms with Gasteiger partial charge in [-0.2, -0.15) is 0 Å². The average molecular weight is 255 g/mol. The average Bonchev–Trinajstić information content (AvgIpc) is 1.85. The van der Waals surface area contributed by atoms with Crippen molar-refractivity contribution in [3.63, 3.8) is 0 Å². The molecular weight excluding hydrogens is 249 g/mol. The first-order valence-electron chi connectivity index (χ1n) is 2.94. The second-order valence-corrected chi connectivity index (χ2v) is 3.47. The van der Waals surface area contributed by atoms with Gasteiger partial charge in [-0.15, -0.1) is 0 Å². The molecule has 0 bridgehead atoms. The highest BCUT2D eigenvalue weighted by Crippen LogP contribution is 2.29. The summed E-state index contributed by atoms with van der Waals surface area (Å²) in [5.41, 5.74) is 6.96. The molecule has 0 aliphatic rings. The van der Waals surface area contributed by atoms with E-state index in [0.717, 1.165) is 5.56 Å². The van der Waals surface area contributed by atoms with Crippen LogP contribution in [0.25, 0.3) is 0 Å². The predicted octanol–water partition coefficient (Wildman–Crippen LogP) is 3.47. The lowest BCUT2D eigenvalue weighted by molar-refractivity contribution is 1.44. The van der Waals surface area contributed by atoms with Gasteiger partial charge in [-0.1, -0.05) is 39.1 Å². The van der Waals surface area contributed by atoms with Crippen LogP contribution in [-0.4, -0.2) is 0 Å². The quantitative estimate of drug-likeness (QED) is 0.603. The molecule has 1 aromatic carbocycles. The van der Waals surface area contributed by atoms with E-state index in [1.165, 1.54) is 0 Å². The number of rotatable bonds is 1. The summed E-state index contributed by atoms with van der Waals surface area (Å²) >= 11 is 15.0. The number of nitrogen functional groups attached to an aromatic ring is 1. The van der Waals surface area contributed by atoms with Crippen molar-refractivity contribution < 1.29 is 0 Å². The number of hydrogen-bond donors (Lipinski definition) is 1. The largest absolute Gasteiger partial charge is 0.399 e. The molecule has 11 heavy (non-hydrogen) atoms. The molecule has 0 saturated heterocycles. The van der Waals surface area contributed by atoms with E-state index in [0.29, 0.717) is 21.1 Å². The smallest absolute Gasteiger partial charge is 0.0481 e. The maximum Gasteiger partial charge on any atom is 0.0481 e. The molecule has 0 heterocycles. The monoisotopic (exact) mass is 253 g/mol. The van der Waals surface area contributed by atoms with Gasteiger partial charge in [-0.05, 0) is 12.1 Å². The first-order valence-corrected chi connectivity index (χ1v) is 4.82. The SMILES string of the molecule is Nc1cc(Cl)c(CBr)c(Cl)c1. The molecule has 1 nitrogen and oxygen atoms in total. The minimum atomic E-state index is 0.588. The Morgan fingerprint density at radius 1 is 1.27 bits per heavy atom. The van der Waals surface area contributed by atoms with Crippen LogP contribution in [0.15, 0.2) is 12.1 Å². The van der Waals surface area contributed by atoms with Crippen LogP contribution in [0.1, 0.15) is 5.56 Å². The molecule has 0 aromatic heterocycles. The van der Waals surface area contributed by atoms with E-state index in [1.807, 2.05) is 0 Å². The first-order chi connectivity index (χ1) is 5.15. The first kappa shape index (κ1) is 9.17. The summed E-state index contributed by atoms with van der Waals surface area (Å²) < 4.78 is 0. The van der Waals surface area contributed by atoms with Crippen molar-refractivity contribution >= 4 is 44.8 Å². The van der Waals surface area contributed by atoms with Gasteiger partial charge >= 0.3 is 0 Å². The third-order valence-corrected chi connectivity index (χ3v) is 2.53. The Hall–Kier alpha value is 0.0800. The second kappa shape index (κ2) is 3.65. The fourth-order valence-corrected chi connectivity index (χ4v) is 2.31. The van der Waals surface area contributed by atoms with Crippen LogP contribution < -0.4 is 5.73 Å². The van der Waals surface area contributed by atoms with E-state index in [1.54, 1.807) is 12.1 Å². The standard InChI is InChI=1S/C7H6BrCl2N/c8-3-5-6(9)1-4(11)2-7(5)10/h1-2H,3,11H2. The van der Waals surface area contributed by atoms with Crippen molar-refractivity contribution in [2.75, 3.05) is 5.73 Å². The van der Waals surface area contributed by atoms with Gasteiger partial charge in [-0.3, -0.25) is 0 Å². The summed E-state index contributed by atoms with van der Waals surface area (Å²) in [6, 6.07) is 3.37. The summed E-state index contributed by atoms with van der Waals surface area (Å²) in [7, 11) is 0. The molecule has 60 valence electrons. The fraction of sp³-hybridized carbons (Fsp3) is 0.143. The Kier molecular flexibility index (Phi) is 3.05. The lowest BCUT2D eigenvalue weighted by Gasteiger charge is -2.03. The number of anilines is 1.